The Balaban J connectivity index is 2.53. The lowest BCUT2D eigenvalue weighted by molar-refractivity contribution is -0.114. The van der Waals surface area contributed by atoms with E-state index in [0.29, 0.717) is 24.7 Å². The average Bonchev–Trinajstić information content (AvgIpc) is 2.18. The van der Waals surface area contributed by atoms with Crippen LogP contribution in [0.15, 0.2) is 12.4 Å². The van der Waals surface area contributed by atoms with Gasteiger partial charge in [0.2, 0.25) is 11.8 Å². The van der Waals surface area contributed by atoms with Gasteiger partial charge in [0.05, 0.1) is 19.0 Å². The first-order chi connectivity index (χ1) is 7.22. The number of ether oxygens (including phenoxy) is 1. The van der Waals surface area contributed by atoms with Crippen molar-refractivity contribution in [2.75, 3.05) is 18.5 Å². The van der Waals surface area contributed by atoms with E-state index >= 15 is 0 Å². The fourth-order valence-corrected chi connectivity index (χ4v) is 0.899. The van der Waals surface area contributed by atoms with Crippen molar-refractivity contribution >= 4 is 11.7 Å². The molecule has 0 fully saturated rings. The van der Waals surface area contributed by atoms with Gasteiger partial charge in [-0.1, -0.05) is 0 Å². The molecule has 6 nitrogen and oxygen atoms in total. The minimum absolute atomic E-state index is 0.0683. The Kier molecular flexibility index (Phi) is 4.49. The molecule has 6 heteroatoms. The van der Waals surface area contributed by atoms with Gasteiger partial charge < -0.3 is 15.2 Å². The summed E-state index contributed by atoms with van der Waals surface area (Å²) in [4.78, 5) is 18.6. The predicted octanol–water partition coefficient (Wildman–Crippen LogP) is 0.196. The summed E-state index contributed by atoms with van der Waals surface area (Å²) in [7, 11) is 0. The summed E-state index contributed by atoms with van der Waals surface area (Å²) < 4.78 is 5.18. The Morgan fingerprint density at radius 3 is 3.07 bits per heavy atom. The number of amides is 1. The lowest BCUT2D eigenvalue weighted by Gasteiger charge is -2.05. The number of hydrogen-bond donors (Lipinski definition) is 2. The molecule has 1 aromatic heterocycles. The molecule has 0 unspecified atom stereocenters. The number of aromatic nitrogens is 2. The molecule has 0 aliphatic heterocycles. The zero-order valence-corrected chi connectivity index (χ0v) is 8.43. The third-order valence-electron chi connectivity index (χ3n) is 1.47. The largest absolute Gasteiger partial charge is 0.476 e. The third kappa shape index (κ3) is 4.37. The van der Waals surface area contributed by atoms with Crippen LogP contribution in [0.5, 0.6) is 5.88 Å². The van der Waals surface area contributed by atoms with Crippen molar-refractivity contribution in [3.63, 3.8) is 0 Å². The van der Waals surface area contributed by atoms with E-state index in [1.165, 1.54) is 19.3 Å². The van der Waals surface area contributed by atoms with Crippen LogP contribution in [-0.2, 0) is 4.79 Å². The summed E-state index contributed by atoms with van der Waals surface area (Å²) in [6, 6.07) is 0. The first kappa shape index (κ1) is 11.4. The first-order valence-corrected chi connectivity index (χ1v) is 4.55. The topological polar surface area (TPSA) is 84.3 Å². The first-order valence-electron chi connectivity index (χ1n) is 4.55. The van der Waals surface area contributed by atoms with E-state index in [2.05, 4.69) is 15.3 Å². The van der Waals surface area contributed by atoms with Crippen molar-refractivity contribution in [1.29, 1.82) is 0 Å². The molecule has 0 aliphatic rings. The highest BCUT2D eigenvalue weighted by Gasteiger charge is 2.00. The zero-order chi connectivity index (χ0) is 11.1. The molecular formula is C9H13N3O3. The smallest absolute Gasteiger partial charge is 0.234 e. The van der Waals surface area contributed by atoms with Gasteiger partial charge in [0.25, 0.3) is 0 Å². The van der Waals surface area contributed by atoms with Gasteiger partial charge in [-0.3, -0.25) is 9.78 Å². The van der Waals surface area contributed by atoms with Gasteiger partial charge in [-0.05, 0) is 0 Å². The molecule has 0 saturated heterocycles. The monoisotopic (exact) mass is 211 g/mol. The van der Waals surface area contributed by atoms with Crippen molar-refractivity contribution < 1.29 is 14.6 Å². The molecule has 82 valence electrons. The van der Waals surface area contributed by atoms with E-state index < -0.39 is 0 Å². The maximum Gasteiger partial charge on any atom is 0.234 e. The van der Waals surface area contributed by atoms with Crippen LogP contribution in [0.2, 0.25) is 0 Å². The number of anilines is 1. The molecule has 0 atom stereocenters. The van der Waals surface area contributed by atoms with Gasteiger partial charge in [-0.2, -0.15) is 4.98 Å². The second-order valence-electron chi connectivity index (χ2n) is 2.85. The van der Waals surface area contributed by atoms with Gasteiger partial charge in [0.1, 0.15) is 0 Å². The third-order valence-corrected chi connectivity index (χ3v) is 1.47. The molecule has 15 heavy (non-hydrogen) atoms. The molecule has 1 heterocycles. The van der Waals surface area contributed by atoms with Gasteiger partial charge in [0, 0.05) is 20.0 Å². The highest BCUT2D eigenvalue weighted by atomic mass is 16.5. The second-order valence-corrected chi connectivity index (χ2v) is 2.85. The second kappa shape index (κ2) is 5.92. The number of nitrogens with zero attached hydrogens (tertiary/aromatic N) is 2. The van der Waals surface area contributed by atoms with Crippen molar-refractivity contribution in [3.05, 3.63) is 12.4 Å². The molecule has 0 aromatic carbocycles. The summed E-state index contributed by atoms with van der Waals surface area (Å²) in [5.74, 6) is 0.468. The lowest BCUT2D eigenvalue weighted by atomic mass is 10.5. The lowest BCUT2D eigenvalue weighted by Crippen LogP contribution is -2.09. The summed E-state index contributed by atoms with van der Waals surface area (Å²) in [5.41, 5.74) is 0. The molecule has 0 spiro atoms. The highest BCUT2D eigenvalue weighted by molar-refractivity contribution is 5.87. The number of aliphatic hydroxyl groups excluding tert-OH is 1. The number of carbonyl (C=O) groups excluding carboxylic acids is 1. The fraction of sp³-hybridized carbons (Fsp3) is 0.444. The molecule has 2 N–H and O–H groups in total. The number of aliphatic hydroxyl groups is 1. The van der Waals surface area contributed by atoms with Crippen LogP contribution in [0.4, 0.5) is 5.82 Å². The summed E-state index contributed by atoms with van der Waals surface area (Å²) in [6.45, 7) is 1.83. The van der Waals surface area contributed by atoms with Gasteiger partial charge in [-0.25, -0.2) is 0 Å². The molecule has 0 bridgehead atoms. The Labute approximate surface area is 87.3 Å². The van der Waals surface area contributed by atoms with Crippen LogP contribution in [0.25, 0.3) is 0 Å². The molecule has 0 saturated carbocycles. The van der Waals surface area contributed by atoms with Crippen molar-refractivity contribution in [3.8, 4) is 5.88 Å². The molecule has 0 radical (unpaired) electrons. The van der Waals surface area contributed by atoms with Crippen molar-refractivity contribution in [1.82, 2.24) is 9.97 Å². The molecule has 1 amide bonds. The van der Waals surface area contributed by atoms with E-state index in [-0.39, 0.29) is 12.5 Å². The van der Waals surface area contributed by atoms with Crippen LogP contribution in [0, 0.1) is 0 Å². The highest BCUT2D eigenvalue weighted by Crippen LogP contribution is 2.08. The van der Waals surface area contributed by atoms with Crippen LogP contribution in [0.1, 0.15) is 13.3 Å². The van der Waals surface area contributed by atoms with Gasteiger partial charge >= 0.3 is 0 Å². The quantitative estimate of drug-likeness (QED) is 0.679. The number of hydrogen-bond acceptors (Lipinski definition) is 5. The van der Waals surface area contributed by atoms with Gasteiger partial charge in [0.15, 0.2) is 5.82 Å². The van der Waals surface area contributed by atoms with E-state index in [1.807, 2.05) is 0 Å². The maximum absolute atomic E-state index is 10.7. The Hall–Kier alpha value is -1.69. The van der Waals surface area contributed by atoms with E-state index in [0.717, 1.165) is 0 Å². The molecule has 0 aliphatic carbocycles. The fourth-order valence-electron chi connectivity index (χ4n) is 0.899. The molecule has 1 aromatic rings. The summed E-state index contributed by atoms with van der Waals surface area (Å²) in [6.07, 6.45) is 3.41. The molecular weight excluding hydrogens is 198 g/mol. The SMILES string of the molecule is CC(=O)Nc1cncc(OCCCO)n1. The van der Waals surface area contributed by atoms with Crippen LogP contribution in [0.3, 0.4) is 0 Å². The number of nitrogens with one attached hydrogen (secondary N) is 1. The minimum Gasteiger partial charge on any atom is -0.476 e. The molecule has 1 rings (SSSR count). The van der Waals surface area contributed by atoms with Gasteiger partial charge in [-0.15, -0.1) is 0 Å². The number of carbonyl (C=O) groups is 1. The predicted molar refractivity (Wildman–Crippen MR) is 53.5 cm³/mol. The minimum atomic E-state index is -0.211. The van der Waals surface area contributed by atoms with E-state index in [9.17, 15) is 4.79 Å². The van der Waals surface area contributed by atoms with Crippen molar-refractivity contribution in [2.45, 2.75) is 13.3 Å². The van der Waals surface area contributed by atoms with E-state index in [1.54, 1.807) is 0 Å². The number of rotatable bonds is 5. The van der Waals surface area contributed by atoms with E-state index in [4.69, 9.17) is 9.84 Å². The zero-order valence-electron chi connectivity index (χ0n) is 8.43. The normalized spacial score (nSPS) is 9.73. The Morgan fingerprint density at radius 2 is 2.40 bits per heavy atom. The Morgan fingerprint density at radius 1 is 1.60 bits per heavy atom. The summed E-state index contributed by atoms with van der Waals surface area (Å²) in [5, 5.41) is 11.0. The summed E-state index contributed by atoms with van der Waals surface area (Å²) >= 11 is 0. The van der Waals surface area contributed by atoms with Crippen LogP contribution in [-0.4, -0.2) is 34.2 Å². The maximum atomic E-state index is 10.7. The standard InChI is InChI=1S/C9H13N3O3/c1-7(14)11-8-5-10-6-9(12-8)15-4-2-3-13/h5-6,13H,2-4H2,1H3,(H,11,12,14). The van der Waals surface area contributed by atoms with Crippen molar-refractivity contribution in [2.24, 2.45) is 0 Å². The Bertz CT molecular complexity index is 330. The van der Waals surface area contributed by atoms with Crippen LogP contribution < -0.4 is 10.1 Å². The average molecular weight is 211 g/mol. The van der Waals surface area contributed by atoms with Crippen LogP contribution >= 0.6 is 0 Å².